The Morgan fingerprint density at radius 2 is 2.00 bits per heavy atom. The maximum Gasteiger partial charge on any atom is 0.244 e. The van der Waals surface area contributed by atoms with Gasteiger partial charge in [-0.15, -0.1) is 11.3 Å². The van der Waals surface area contributed by atoms with Crippen molar-refractivity contribution in [3.8, 4) is 0 Å². The number of hydrogen-bond acceptors (Lipinski definition) is 2. The van der Waals surface area contributed by atoms with Gasteiger partial charge in [-0.05, 0) is 29.7 Å². The number of quaternary nitrogens is 1. The highest BCUT2D eigenvalue weighted by Gasteiger charge is 2.22. The van der Waals surface area contributed by atoms with Crippen LogP contribution in [0.25, 0.3) is 6.08 Å². The van der Waals surface area contributed by atoms with Gasteiger partial charge in [0.05, 0.1) is 13.1 Å². The van der Waals surface area contributed by atoms with Gasteiger partial charge in [-0.1, -0.05) is 29.8 Å². The molecule has 3 nitrogen and oxygen atoms in total. The smallest absolute Gasteiger partial charge is 0.244 e. The van der Waals surface area contributed by atoms with E-state index in [4.69, 9.17) is 11.6 Å². The molecule has 1 fully saturated rings. The molecule has 0 saturated carbocycles. The van der Waals surface area contributed by atoms with Crippen LogP contribution in [0.2, 0.25) is 5.02 Å². The molecule has 1 saturated heterocycles. The van der Waals surface area contributed by atoms with E-state index < -0.39 is 0 Å². The Bertz CT molecular complexity index is 674. The lowest BCUT2D eigenvalue weighted by Gasteiger charge is -2.29. The average molecular weight is 362 g/mol. The van der Waals surface area contributed by atoms with E-state index in [0.717, 1.165) is 42.4 Å². The standard InChI is InChI=1S/C19H21ClN2OS/c20-16-5-3-15(4-6-16)14-22-11-9-17(10-12-22)21-19(23)8-7-18-2-1-13-24-18/h1-8,13,17H,9-12,14H2,(H,21,23)/p+1/b8-7+. The third-order valence-corrected chi connectivity index (χ3v) is 5.44. The van der Waals surface area contributed by atoms with Crippen LogP contribution in [0.15, 0.2) is 47.9 Å². The van der Waals surface area contributed by atoms with Gasteiger partial charge in [-0.2, -0.15) is 0 Å². The first-order valence-electron chi connectivity index (χ1n) is 8.29. The molecule has 3 rings (SSSR count). The van der Waals surface area contributed by atoms with Gasteiger partial charge in [-0.25, -0.2) is 0 Å². The van der Waals surface area contributed by atoms with Crippen LogP contribution in [-0.2, 0) is 11.3 Å². The molecule has 0 radical (unpaired) electrons. The van der Waals surface area contributed by atoms with Crippen molar-refractivity contribution in [1.29, 1.82) is 0 Å². The monoisotopic (exact) mass is 361 g/mol. The number of carbonyl (C=O) groups excluding carboxylic acids is 1. The summed E-state index contributed by atoms with van der Waals surface area (Å²) < 4.78 is 0. The number of thiophene rings is 1. The Morgan fingerprint density at radius 1 is 1.25 bits per heavy atom. The van der Waals surface area contributed by atoms with E-state index >= 15 is 0 Å². The maximum atomic E-state index is 12.0. The van der Waals surface area contributed by atoms with E-state index in [1.165, 1.54) is 5.56 Å². The number of benzene rings is 1. The number of likely N-dealkylation sites (tertiary alicyclic amines) is 1. The molecule has 5 heteroatoms. The minimum Gasteiger partial charge on any atom is -0.349 e. The molecular formula is C19H22ClN2OS+. The second-order valence-corrected chi connectivity index (χ2v) is 7.60. The van der Waals surface area contributed by atoms with E-state index in [1.54, 1.807) is 22.3 Å². The number of amides is 1. The van der Waals surface area contributed by atoms with Crippen LogP contribution in [0.1, 0.15) is 23.3 Å². The third-order valence-electron chi connectivity index (χ3n) is 4.35. The second kappa shape index (κ2) is 8.47. The van der Waals surface area contributed by atoms with Crippen LogP contribution in [0.3, 0.4) is 0 Å². The first-order chi connectivity index (χ1) is 11.7. The third kappa shape index (κ3) is 5.20. The normalized spacial score (nSPS) is 21.0. The zero-order chi connectivity index (χ0) is 16.8. The predicted octanol–water partition coefficient (Wildman–Crippen LogP) is 2.78. The molecule has 0 spiro atoms. The molecule has 126 valence electrons. The molecule has 1 amide bonds. The molecule has 1 aromatic heterocycles. The van der Waals surface area contributed by atoms with E-state index in [-0.39, 0.29) is 5.91 Å². The maximum absolute atomic E-state index is 12.0. The lowest BCUT2D eigenvalue weighted by atomic mass is 10.0. The van der Waals surface area contributed by atoms with Crippen LogP contribution < -0.4 is 10.2 Å². The highest BCUT2D eigenvalue weighted by molar-refractivity contribution is 7.10. The molecule has 0 bridgehead atoms. The predicted molar refractivity (Wildman–Crippen MR) is 100 cm³/mol. The lowest BCUT2D eigenvalue weighted by Crippen LogP contribution is -3.12. The first kappa shape index (κ1) is 17.2. The molecule has 2 aromatic rings. The zero-order valence-electron chi connectivity index (χ0n) is 13.5. The number of rotatable bonds is 5. The fourth-order valence-corrected chi connectivity index (χ4v) is 3.78. The summed E-state index contributed by atoms with van der Waals surface area (Å²) in [4.78, 5) is 14.7. The SMILES string of the molecule is O=C(/C=C/c1cccs1)NC1CC[NH+](Cc2ccc(Cl)cc2)CC1. The molecule has 0 unspecified atom stereocenters. The number of carbonyl (C=O) groups is 1. The zero-order valence-corrected chi connectivity index (χ0v) is 15.1. The summed E-state index contributed by atoms with van der Waals surface area (Å²) in [6, 6.07) is 12.4. The topological polar surface area (TPSA) is 33.5 Å². The Balaban J connectivity index is 1.41. The number of piperidine rings is 1. The molecule has 0 atom stereocenters. The summed E-state index contributed by atoms with van der Waals surface area (Å²) >= 11 is 7.56. The lowest BCUT2D eigenvalue weighted by molar-refractivity contribution is -0.918. The Labute approximate surface area is 151 Å². The van der Waals surface area contributed by atoms with Crippen molar-refractivity contribution in [2.75, 3.05) is 13.1 Å². The largest absolute Gasteiger partial charge is 0.349 e. The summed E-state index contributed by atoms with van der Waals surface area (Å²) in [5, 5.41) is 5.92. The highest BCUT2D eigenvalue weighted by atomic mass is 35.5. The molecule has 2 heterocycles. The van der Waals surface area contributed by atoms with Crippen molar-refractivity contribution >= 4 is 34.9 Å². The van der Waals surface area contributed by atoms with Gasteiger partial charge in [0.15, 0.2) is 0 Å². The fourth-order valence-electron chi connectivity index (χ4n) is 3.03. The summed E-state index contributed by atoms with van der Waals surface area (Å²) in [6.45, 7) is 3.19. The second-order valence-electron chi connectivity index (χ2n) is 6.18. The van der Waals surface area contributed by atoms with Gasteiger partial charge in [0.25, 0.3) is 0 Å². The van der Waals surface area contributed by atoms with Crippen LogP contribution in [0.4, 0.5) is 0 Å². The molecule has 0 aliphatic carbocycles. The van der Waals surface area contributed by atoms with Crippen LogP contribution in [0, 0.1) is 0 Å². The van der Waals surface area contributed by atoms with Crippen molar-refractivity contribution < 1.29 is 9.69 Å². The van der Waals surface area contributed by atoms with E-state index in [2.05, 4.69) is 17.4 Å². The number of nitrogens with one attached hydrogen (secondary N) is 2. The van der Waals surface area contributed by atoms with E-state index in [0.29, 0.717) is 6.04 Å². The highest BCUT2D eigenvalue weighted by Crippen LogP contribution is 2.11. The molecule has 1 aliphatic rings. The molecule has 1 aromatic carbocycles. The molecule has 24 heavy (non-hydrogen) atoms. The van der Waals surface area contributed by atoms with Gasteiger partial charge in [-0.3, -0.25) is 4.79 Å². The van der Waals surface area contributed by atoms with E-state index in [1.807, 2.05) is 35.7 Å². The van der Waals surface area contributed by atoms with Crippen molar-refractivity contribution in [3.63, 3.8) is 0 Å². The van der Waals surface area contributed by atoms with Crippen LogP contribution >= 0.6 is 22.9 Å². The Hall–Kier alpha value is -1.62. The summed E-state index contributed by atoms with van der Waals surface area (Å²) in [5.74, 6) is 0.00884. The van der Waals surface area contributed by atoms with Gasteiger partial charge in [0.2, 0.25) is 5.91 Å². The summed E-state index contributed by atoms with van der Waals surface area (Å²) in [7, 11) is 0. The molecule has 1 aliphatic heterocycles. The van der Waals surface area contributed by atoms with Crippen LogP contribution in [-0.4, -0.2) is 25.0 Å². The quantitative estimate of drug-likeness (QED) is 0.789. The van der Waals surface area contributed by atoms with Crippen molar-refractivity contribution in [2.24, 2.45) is 0 Å². The van der Waals surface area contributed by atoms with Gasteiger partial charge >= 0.3 is 0 Å². The minimum absolute atomic E-state index is 0.00884. The summed E-state index contributed by atoms with van der Waals surface area (Å²) in [6.07, 6.45) is 5.57. The Morgan fingerprint density at radius 3 is 2.67 bits per heavy atom. The average Bonchev–Trinajstić information content (AvgIpc) is 3.10. The number of hydrogen-bond donors (Lipinski definition) is 2. The van der Waals surface area contributed by atoms with Gasteiger partial charge in [0.1, 0.15) is 6.54 Å². The molecule has 2 N–H and O–H groups in total. The first-order valence-corrected chi connectivity index (χ1v) is 9.55. The van der Waals surface area contributed by atoms with Crippen molar-refractivity contribution in [3.05, 3.63) is 63.3 Å². The van der Waals surface area contributed by atoms with Crippen LogP contribution in [0.5, 0.6) is 0 Å². The Kier molecular flexibility index (Phi) is 6.07. The minimum atomic E-state index is 0.00884. The number of halogens is 1. The van der Waals surface area contributed by atoms with Gasteiger partial charge in [0, 0.05) is 40.4 Å². The van der Waals surface area contributed by atoms with Crippen molar-refractivity contribution in [1.82, 2.24) is 5.32 Å². The van der Waals surface area contributed by atoms with Gasteiger partial charge < -0.3 is 10.2 Å². The fraction of sp³-hybridized carbons (Fsp3) is 0.316. The summed E-state index contributed by atoms with van der Waals surface area (Å²) in [5.41, 5.74) is 1.32. The van der Waals surface area contributed by atoms with Crippen molar-refractivity contribution in [2.45, 2.75) is 25.4 Å². The molecular weight excluding hydrogens is 340 g/mol. The van der Waals surface area contributed by atoms with E-state index in [9.17, 15) is 4.79 Å².